The molecule has 1 fully saturated rings. The van der Waals surface area contributed by atoms with Gasteiger partial charge in [0.15, 0.2) is 0 Å². The van der Waals surface area contributed by atoms with E-state index in [4.69, 9.17) is 10.5 Å². The van der Waals surface area contributed by atoms with Gasteiger partial charge in [-0.25, -0.2) is 4.79 Å². The third-order valence-corrected chi connectivity index (χ3v) is 5.90. The summed E-state index contributed by atoms with van der Waals surface area (Å²) in [6.45, 7) is 8.62. The summed E-state index contributed by atoms with van der Waals surface area (Å²) in [5.41, 5.74) is 5.99. The van der Waals surface area contributed by atoms with Crippen molar-refractivity contribution < 1.29 is 19.1 Å². The van der Waals surface area contributed by atoms with Gasteiger partial charge < -0.3 is 21.1 Å². The monoisotopic (exact) mass is 396 g/mol. The van der Waals surface area contributed by atoms with Gasteiger partial charge in [0.25, 0.3) is 5.91 Å². The SMILES string of the molecule is CCOC(=O)c1c(NC(=O)CNC[C@H]2CCCN2CC)sc(C(N)=O)c1C. The fourth-order valence-electron chi connectivity index (χ4n) is 3.35. The first-order valence-corrected chi connectivity index (χ1v) is 10.1. The molecule has 27 heavy (non-hydrogen) atoms. The number of primary amides is 1. The Bertz CT molecular complexity index is 704. The minimum atomic E-state index is -0.637. The lowest BCUT2D eigenvalue weighted by Crippen LogP contribution is -2.40. The van der Waals surface area contributed by atoms with Crippen LogP contribution in [0.2, 0.25) is 0 Å². The smallest absolute Gasteiger partial charge is 0.341 e. The van der Waals surface area contributed by atoms with Gasteiger partial charge in [0.2, 0.25) is 5.91 Å². The van der Waals surface area contributed by atoms with Crippen molar-refractivity contribution in [3.63, 3.8) is 0 Å². The lowest BCUT2D eigenvalue weighted by Gasteiger charge is -2.22. The summed E-state index contributed by atoms with van der Waals surface area (Å²) in [6.07, 6.45) is 2.31. The second kappa shape index (κ2) is 9.82. The predicted octanol–water partition coefficient (Wildman–Crippen LogP) is 1.34. The molecule has 1 saturated heterocycles. The van der Waals surface area contributed by atoms with Crippen LogP contribution < -0.4 is 16.4 Å². The van der Waals surface area contributed by atoms with Crippen LogP contribution in [0.25, 0.3) is 0 Å². The number of hydrogen-bond acceptors (Lipinski definition) is 7. The largest absolute Gasteiger partial charge is 0.462 e. The highest BCUT2D eigenvalue weighted by Gasteiger charge is 2.26. The number of nitrogens with two attached hydrogens (primary N) is 1. The van der Waals surface area contributed by atoms with Gasteiger partial charge in [-0.05, 0) is 45.3 Å². The van der Waals surface area contributed by atoms with Crippen molar-refractivity contribution in [1.82, 2.24) is 10.2 Å². The molecule has 2 heterocycles. The number of ether oxygens (including phenoxy) is 1. The number of likely N-dealkylation sites (tertiary alicyclic amines) is 1. The summed E-state index contributed by atoms with van der Waals surface area (Å²) < 4.78 is 5.04. The fourth-order valence-corrected chi connectivity index (χ4v) is 4.41. The summed E-state index contributed by atoms with van der Waals surface area (Å²) in [4.78, 5) is 38.8. The highest BCUT2D eigenvalue weighted by atomic mass is 32.1. The molecule has 2 rings (SSSR count). The fraction of sp³-hybridized carbons (Fsp3) is 0.611. The molecule has 1 atom stereocenters. The summed E-state index contributed by atoms with van der Waals surface area (Å²) in [5.74, 6) is -1.49. The van der Waals surface area contributed by atoms with E-state index in [2.05, 4.69) is 22.5 Å². The summed E-state index contributed by atoms with van der Waals surface area (Å²) >= 11 is 0.996. The summed E-state index contributed by atoms with van der Waals surface area (Å²) in [6, 6.07) is 0.448. The van der Waals surface area contributed by atoms with E-state index >= 15 is 0 Å². The van der Waals surface area contributed by atoms with Crippen LogP contribution in [0.3, 0.4) is 0 Å². The van der Waals surface area contributed by atoms with Gasteiger partial charge in [0.1, 0.15) is 5.00 Å². The Balaban J connectivity index is 2.00. The minimum Gasteiger partial charge on any atom is -0.462 e. The molecule has 2 amide bonds. The third-order valence-electron chi connectivity index (χ3n) is 4.67. The first-order chi connectivity index (χ1) is 12.9. The number of anilines is 1. The Morgan fingerprint density at radius 2 is 2.07 bits per heavy atom. The Hall–Kier alpha value is -1.97. The molecule has 0 aliphatic carbocycles. The van der Waals surface area contributed by atoms with Crippen LogP contribution >= 0.6 is 11.3 Å². The maximum atomic E-state index is 12.3. The molecule has 8 nitrogen and oxygen atoms in total. The van der Waals surface area contributed by atoms with Crippen molar-refractivity contribution in [2.45, 2.75) is 39.7 Å². The van der Waals surface area contributed by atoms with Gasteiger partial charge >= 0.3 is 5.97 Å². The van der Waals surface area contributed by atoms with Crippen LogP contribution in [0.4, 0.5) is 5.00 Å². The van der Waals surface area contributed by atoms with Crippen molar-refractivity contribution in [1.29, 1.82) is 0 Å². The highest BCUT2D eigenvalue weighted by molar-refractivity contribution is 7.18. The average Bonchev–Trinajstić information content (AvgIpc) is 3.19. The molecule has 1 aromatic rings. The van der Waals surface area contributed by atoms with Crippen LogP contribution in [0.15, 0.2) is 0 Å². The Morgan fingerprint density at radius 3 is 2.70 bits per heavy atom. The lowest BCUT2D eigenvalue weighted by molar-refractivity contribution is -0.115. The normalized spacial score (nSPS) is 17.1. The lowest BCUT2D eigenvalue weighted by atomic mass is 10.1. The number of hydrogen-bond donors (Lipinski definition) is 3. The average molecular weight is 397 g/mol. The van der Waals surface area contributed by atoms with Crippen molar-refractivity contribution in [2.24, 2.45) is 5.73 Å². The van der Waals surface area contributed by atoms with E-state index < -0.39 is 11.9 Å². The molecule has 0 radical (unpaired) electrons. The number of esters is 1. The number of likely N-dealkylation sites (N-methyl/N-ethyl adjacent to an activating group) is 1. The van der Waals surface area contributed by atoms with Crippen LogP contribution in [0.5, 0.6) is 0 Å². The van der Waals surface area contributed by atoms with Crippen LogP contribution in [-0.4, -0.2) is 61.5 Å². The molecule has 9 heteroatoms. The van der Waals surface area contributed by atoms with Crippen LogP contribution in [0, 0.1) is 6.92 Å². The van der Waals surface area contributed by atoms with Gasteiger partial charge in [-0.15, -0.1) is 11.3 Å². The van der Waals surface area contributed by atoms with Crippen molar-refractivity contribution >= 4 is 34.1 Å². The number of nitrogens with one attached hydrogen (secondary N) is 2. The highest BCUT2D eigenvalue weighted by Crippen LogP contribution is 2.33. The van der Waals surface area contributed by atoms with Crippen molar-refractivity contribution in [3.8, 4) is 0 Å². The molecule has 0 spiro atoms. The molecular weight excluding hydrogens is 368 g/mol. The van der Waals surface area contributed by atoms with Gasteiger partial charge in [0.05, 0.1) is 23.6 Å². The summed E-state index contributed by atoms with van der Waals surface area (Å²) in [5, 5.41) is 6.18. The Labute approximate surface area is 163 Å². The molecule has 4 N–H and O–H groups in total. The second-order valence-corrected chi connectivity index (χ2v) is 7.47. The van der Waals surface area contributed by atoms with E-state index in [9.17, 15) is 14.4 Å². The number of nitrogens with zero attached hydrogens (tertiary/aromatic N) is 1. The van der Waals surface area contributed by atoms with Gasteiger partial charge in [-0.1, -0.05) is 6.92 Å². The van der Waals surface area contributed by atoms with Gasteiger partial charge in [0, 0.05) is 12.6 Å². The van der Waals surface area contributed by atoms with Crippen molar-refractivity contribution in [2.75, 3.05) is 38.1 Å². The molecule has 0 unspecified atom stereocenters. The maximum Gasteiger partial charge on any atom is 0.341 e. The van der Waals surface area contributed by atoms with E-state index in [0.29, 0.717) is 16.6 Å². The van der Waals surface area contributed by atoms with Gasteiger partial charge in [-0.3, -0.25) is 14.5 Å². The standard InChI is InChI=1S/C18H28N4O4S/c1-4-22-8-6-7-12(22)9-20-10-13(23)21-17-14(18(25)26-5-2)11(3)15(27-17)16(19)24/h12,20H,4-10H2,1-3H3,(H2,19,24)(H,21,23)/t12-/m1/s1. The molecule has 0 aromatic carbocycles. The first-order valence-electron chi connectivity index (χ1n) is 9.23. The zero-order valence-corrected chi connectivity index (χ0v) is 16.9. The molecule has 1 aliphatic rings. The molecular formula is C18H28N4O4S. The number of carbonyl (C=O) groups is 3. The van der Waals surface area contributed by atoms with E-state index in [1.54, 1.807) is 13.8 Å². The zero-order chi connectivity index (χ0) is 20.0. The second-order valence-electron chi connectivity index (χ2n) is 6.45. The molecule has 1 aliphatic heterocycles. The van der Waals surface area contributed by atoms with E-state index in [1.807, 2.05) is 0 Å². The van der Waals surface area contributed by atoms with Gasteiger partial charge in [-0.2, -0.15) is 0 Å². The predicted molar refractivity (Wildman–Crippen MR) is 105 cm³/mol. The Morgan fingerprint density at radius 1 is 1.33 bits per heavy atom. The minimum absolute atomic E-state index is 0.124. The quantitative estimate of drug-likeness (QED) is 0.543. The topological polar surface area (TPSA) is 114 Å². The number of amides is 2. The number of rotatable bonds is 9. The van der Waals surface area contributed by atoms with Crippen LogP contribution in [0.1, 0.15) is 52.3 Å². The van der Waals surface area contributed by atoms with Crippen molar-refractivity contribution in [3.05, 3.63) is 16.0 Å². The van der Waals surface area contributed by atoms with Crippen LogP contribution in [-0.2, 0) is 9.53 Å². The van der Waals surface area contributed by atoms with E-state index in [1.165, 1.54) is 6.42 Å². The zero-order valence-electron chi connectivity index (χ0n) is 16.1. The maximum absolute atomic E-state index is 12.3. The first kappa shape index (κ1) is 21.3. The third kappa shape index (κ3) is 5.27. The van der Waals surface area contributed by atoms with E-state index in [-0.39, 0.29) is 29.5 Å². The van der Waals surface area contributed by atoms with E-state index in [0.717, 1.165) is 37.4 Å². The summed E-state index contributed by atoms with van der Waals surface area (Å²) in [7, 11) is 0. The molecule has 0 saturated carbocycles. The molecule has 1 aromatic heterocycles. The molecule has 0 bridgehead atoms. The number of carbonyl (C=O) groups excluding carboxylic acids is 3. The Kier molecular flexibility index (Phi) is 7.76. The molecule has 150 valence electrons. The number of thiophene rings is 1.